The van der Waals surface area contributed by atoms with Crippen LogP contribution >= 0.6 is 11.6 Å². The molecule has 4 rings (SSSR count). The third kappa shape index (κ3) is 4.97. The second kappa shape index (κ2) is 8.68. The standard InChI is InChI=1S/C22H25ClN2O5S/c1-13(2)21(14-4-8-18-19(11-14)30-10-9-29-18)24-22(26)15-3-7-17(23)20(12-15)31(27,28)25-16-5-6-16/h3-4,7-8,11-13,16,21,25H,5-6,9-10H2,1-2H3,(H,24,26)/t21-/m0/s1. The second-order valence-electron chi connectivity index (χ2n) is 8.14. The maximum Gasteiger partial charge on any atom is 0.251 e. The smallest absolute Gasteiger partial charge is 0.251 e. The Balaban J connectivity index is 1.58. The van der Waals surface area contributed by atoms with Crippen LogP contribution in [0.15, 0.2) is 41.3 Å². The molecule has 2 N–H and O–H groups in total. The molecule has 0 aromatic heterocycles. The van der Waals surface area contributed by atoms with Crippen LogP contribution in [0.4, 0.5) is 0 Å². The fraction of sp³-hybridized carbons (Fsp3) is 0.409. The van der Waals surface area contributed by atoms with Gasteiger partial charge < -0.3 is 14.8 Å². The molecule has 2 aliphatic rings. The maximum atomic E-state index is 13.0. The Morgan fingerprint density at radius 1 is 1.06 bits per heavy atom. The van der Waals surface area contributed by atoms with E-state index < -0.39 is 10.0 Å². The van der Waals surface area contributed by atoms with E-state index in [1.54, 1.807) is 0 Å². The van der Waals surface area contributed by atoms with Crippen molar-refractivity contribution in [2.75, 3.05) is 13.2 Å². The Morgan fingerprint density at radius 2 is 1.77 bits per heavy atom. The van der Waals surface area contributed by atoms with Gasteiger partial charge in [0, 0.05) is 11.6 Å². The zero-order valence-corrected chi connectivity index (χ0v) is 18.9. The number of benzene rings is 2. The van der Waals surface area contributed by atoms with Gasteiger partial charge in [0.1, 0.15) is 18.1 Å². The molecular formula is C22H25ClN2O5S. The lowest BCUT2D eigenvalue weighted by Gasteiger charge is -2.25. The van der Waals surface area contributed by atoms with Crippen molar-refractivity contribution in [1.82, 2.24) is 10.0 Å². The number of sulfonamides is 1. The lowest BCUT2D eigenvalue weighted by atomic mass is 9.95. The first-order valence-corrected chi connectivity index (χ1v) is 12.1. The molecule has 1 saturated carbocycles. The summed E-state index contributed by atoms with van der Waals surface area (Å²) < 4.78 is 39.1. The SMILES string of the molecule is CC(C)[C@H](NC(=O)c1ccc(Cl)c(S(=O)(=O)NC2CC2)c1)c1ccc2c(c1)OCCO2. The van der Waals surface area contributed by atoms with Gasteiger partial charge in [-0.3, -0.25) is 4.79 Å². The molecule has 0 saturated heterocycles. The summed E-state index contributed by atoms with van der Waals surface area (Å²) in [5, 5.41) is 3.09. The number of ether oxygens (including phenoxy) is 2. The third-order valence-electron chi connectivity index (χ3n) is 5.26. The van der Waals surface area contributed by atoms with Crippen molar-refractivity contribution in [3.63, 3.8) is 0 Å². The fourth-order valence-electron chi connectivity index (χ4n) is 3.45. The van der Waals surface area contributed by atoms with Crippen molar-refractivity contribution in [3.8, 4) is 11.5 Å². The topological polar surface area (TPSA) is 93.7 Å². The van der Waals surface area contributed by atoms with E-state index in [0.717, 1.165) is 18.4 Å². The van der Waals surface area contributed by atoms with Gasteiger partial charge in [0.2, 0.25) is 10.0 Å². The molecule has 1 fully saturated rings. The monoisotopic (exact) mass is 464 g/mol. The molecule has 1 aliphatic heterocycles. The van der Waals surface area contributed by atoms with E-state index in [-0.39, 0.29) is 39.4 Å². The highest BCUT2D eigenvalue weighted by atomic mass is 35.5. The number of carbonyl (C=O) groups excluding carboxylic acids is 1. The first kappa shape index (κ1) is 21.9. The van der Waals surface area contributed by atoms with Crippen LogP contribution in [0.1, 0.15) is 48.7 Å². The first-order chi connectivity index (χ1) is 14.7. The van der Waals surface area contributed by atoms with Gasteiger partial charge in [0.05, 0.1) is 11.1 Å². The summed E-state index contributed by atoms with van der Waals surface area (Å²) >= 11 is 6.13. The van der Waals surface area contributed by atoms with Gasteiger partial charge in [-0.05, 0) is 54.7 Å². The van der Waals surface area contributed by atoms with Crippen molar-refractivity contribution in [2.45, 2.75) is 43.7 Å². The molecule has 166 valence electrons. The van der Waals surface area contributed by atoms with Gasteiger partial charge >= 0.3 is 0 Å². The third-order valence-corrected chi connectivity index (χ3v) is 7.26. The molecule has 7 nitrogen and oxygen atoms in total. The minimum Gasteiger partial charge on any atom is -0.486 e. The molecule has 1 atom stereocenters. The van der Waals surface area contributed by atoms with Crippen LogP contribution in [-0.2, 0) is 10.0 Å². The minimum absolute atomic E-state index is 0.0564. The summed E-state index contributed by atoms with van der Waals surface area (Å²) in [6.07, 6.45) is 1.62. The number of rotatable bonds is 7. The molecule has 9 heteroatoms. The van der Waals surface area contributed by atoms with E-state index >= 15 is 0 Å². The number of amides is 1. The van der Waals surface area contributed by atoms with E-state index in [9.17, 15) is 13.2 Å². The van der Waals surface area contributed by atoms with Crippen molar-refractivity contribution >= 4 is 27.5 Å². The van der Waals surface area contributed by atoms with Gasteiger partial charge in [-0.25, -0.2) is 13.1 Å². The van der Waals surface area contributed by atoms with Crippen LogP contribution in [0.2, 0.25) is 5.02 Å². The normalized spacial score (nSPS) is 16.8. The zero-order valence-electron chi connectivity index (χ0n) is 17.4. The van der Waals surface area contributed by atoms with Gasteiger partial charge in [-0.15, -0.1) is 0 Å². The number of halogens is 1. The molecule has 31 heavy (non-hydrogen) atoms. The van der Waals surface area contributed by atoms with Crippen LogP contribution in [0, 0.1) is 5.92 Å². The van der Waals surface area contributed by atoms with Gasteiger partial charge in [0.25, 0.3) is 5.91 Å². The van der Waals surface area contributed by atoms with Crippen LogP contribution in [0.25, 0.3) is 0 Å². The van der Waals surface area contributed by atoms with Gasteiger partial charge in [-0.2, -0.15) is 0 Å². The second-order valence-corrected chi connectivity index (χ2v) is 10.2. The Bertz CT molecular complexity index is 1100. The molecule has 0 unspecified atom stereocenters. The number of hydrogen-bond donors (Lipinski definition) is 2. The predicted molar refractivity (Wildman–Crippen MR) is 117 cm³/mol. The summed E-state index contributed by atoms with van der Waals surface area (Å²) in [4.78, 5) is 12.9. The maximum absolute atomic E-state index is 13.0. The van der Waals surface area contributed by atoms with Crippen LogP contribution in [-0.4, -0.2) is 33.6 Å². The molecule has 2 aromatic rings. The van der Waals surface area contributed by atoms with E-state index in [4.69, 9.17) is 21.1 Å². The van der Waals surface area contributed by atoms with Gasteiger partial charge in [0.15, 0.2) is 11.5 Å². The number of carbonyl (C=O) groups is 1. The predicted octanol–water partition coefficient (Wildman–Crippen LogP) is 3.68. The van der Waals surface area contributed by atoms with Crippen molar-refractivity contribution in [2.24, 2.45) is 5.92 Å². The zero-order chi connectivity index (χ0) is 22.2. The van der Waals surface area contributed by atoms with Crippen molar-refractivity contribution in [3.05, 3.63) is 52.5 Å². The van der Waals surface area contributed by atoms with Crippen molar-refractivity contribution in [1.29, 1.82) is 0 Å². The van der Waals surface area contributed by atoms with E-state index in [0.29, 0.717) is 24.7 Å². The summed E-state index contributed by atoms with van der Waals surface area (Å²) in [5.41, 5.74) is 1.11. The average molecular weight is 465 g/mol. The van der Waals surface area contributed by atoms with Gasteiger partial charge in [-0.1, -0.05) is 31.5 Å². The van der Waals surface area contributed by atoms with Crippen LogP contribution in [0.5, 0.6) is 11.5 Å². The molecule has 0 bridgehead atoms. The molecule has 2 aromatic carbocycles. The Kier molecular flexibility index (Phi) is 6.14. The molecule has 0 spiro atoms. The van der Waals surface area contributed by atoms with Crippen molar-refractivity contribution < 1.29 is 22.7 Å². The van der Waals surface area contributed by atoms with E-state index in [1.165, 1.54) is 18.2 Å². The summed E-state index contributed by atoms with van der Waals surface area (Å²) in [5.74, 6) is 1.03. The van der Waals surface area contributed by atoms with Crippen LogP contribution < -0.4 is 19.5 Å². The quantitative estimate of drug-likeness (QED) is 0.652. The Labute approximate surface area is 187 Å². The molecule has 0 radical (unpaired) electrons. The molecule has 1 amide bonds. The van der Waals surface area contributed by atoms with E-state index in [1.807, 2.05) is 32.0 Å². The lowest BCUT2D eigenvalue weighted by molar-refractivity contribution is 0.0925. The lowest BCUT2D eigenvalue weighted by Crippen LogP contribution is -2.32. The number of fused-ring (bicyclic) bond motifs is 1. The molecule has 1 aliphatic carbocycles. The highest BCUT2D eigenvalue weighted by Gasteiger charge is 2.30. The fourth-order valence-corrected chi connectivity index (χ4v) is 5.28. The molecular weight excluding hydrogens is 440 g/mol. The Hall–Kier alpha value is -2.29. The summed E-state index contributed by atoms with van der Waals surface area (Å²) in [7, 11) is -3.78. The van der Waals surface area contributed by atoms with E-state index in [2.05, 4.69) is 10.0 Å². The Morgan fingerprint density at radius 3 is 2.45 bits per heavy atom. The highest BCUT2D eigenvalue weighted by Crippen LogP contribution is 2.34. The minimum atomic E-state index is -3.78. The number of hydrogen-bond acceptors (Lipinski definition) is 5. The first-order valence-electron chi connectivity index (χ1n) is 10.3. The average Bonchev–Trinajstić information content (AvgIpc) is 3.54. The number of nitrogens with one attached hydrogen (secondary N) is 2. The summed E-state index contributed by atoms with van der Waals surface area (Å²) in [6.45, 7) is 4.98. The largest absolute Gasteiger partial charge is 0.486 e. The molecule has 1 heterocycles. The summed E-state index contributed by atoms with van der Waals surface area (Å²) in [6, 6.07) is 9.53. The van der Waals surface area contributed by atoms with Crippen LogP contribution in [0.3, 0.4) is 0 Å². The highest BCUT2D eigenvalue weighted by molar-refractivity contribution is 7.89.